The van der Waals surface area contributed by atoms with Crippen LogP contribution in [0.1, 0.15) is 44.9 Å². The molecule has 1 aliphatic heterocycles. The number of halogens is 1. The lowest BCUT2D eigenvalue weighted by Gasteiger charge is -2.31. The van der Waals surface area contributed by atoms with Crippen LogP contribution in [0.5, 0.6) is 5.75 Å². The van der Waals surface area contributed by atoms with Crippen LogP contribution in [0.3, 0.4) is 0 Å². The molecule has 0 radical (unpaired) electrons. The Kier molecular flexibility index (Phi) is 7.23. The SMILES string of the molecule is CC(C)OC(=O)C1=C(C(C)C)NC(=O)NC1c1cccc(OCc2ccc(Cl)cc2)c1. The Hall–Kier alpha value is -2.99. The summed E-state index contributed by atoms with van der Waals surface area (Å²) in [5.74, 6) is 0.110. The predicted molar refractivity (Wildman–Crippen MR) is 120 cm³/mol. The molecule has 1 aliphatic rings. The number of hydrogen-bond acceptors (Lipinski definition) is 4. The molecule has 2 aromatic rings. The van der Waals surface area contributed by atoms with Gasteiger partial charge in [0.25, 0.3) is 0 Å². The average molecular weight is 443 g/mol. The summed E-state index contributed by atoms with van der Waals surface area (Å²) in [5.41, 5.74) is 2.68. The first kappa shape index (κ1) is 22.7. The molecule has 0 aliphatic carbocycles. The molecule has 0 spiro atoms. The van der Waals surface area contributed by atoms with E-state index in [-0.39, 0.29) is 18.1 Å². The molecule has 31 heavy (non-hydrogen) atoms. The van der Waals surface area contributed by atoms with Gasteiger partial charge in [-0.2, -0.15) is 0 Å². The van der Waals surface area contributed by atoms with E-state index in [9.17, 15) is 9.59 Å². The van der Waals surface area contributed by atoms with Gasteiger partial charge >= 0.3 is 12.0 Å². The van der Waals surface area contributed by atoms with Gasteiger partial charge in [-0.05, 0) is 55.2 Å². The van der Waals surface area contributed by atoms with Crippen LogP contribution in [0.25, 0.3) is 0 Å². The van der Waals surface area contributed by atoms with Gasteiger partial charge < -0.3 is 20.1 Å². The summed E-state index contributed by atoms with van der Waals surface area (Å²) in [5, 5.41) is 6.29. The quantitative estimate of drug-likeness (QED) is 0.582. The predicted octanol–water partition coefficient (Wildman–Crippen LogP) is 5.13. The van der Waals surface area contributed by atoms with Crippen LogP contribution >= 0.6 is 11.6 Å². The summed E-state index contributed by atoms with van der Waals surface area (Å²) in [6.07, 6.45) is -0.277. The molecule has 2 N–H and O–H groups in total. The van der Waals surface area contributed by atoms with Gasteiger partial charge in [-0.15, -0.1) is 0 Å². The van der Waals surface area contributed by atoms with Gasteiger partial charge in [0.05, 0.1) is 17.7 Å². The monoisotopic (exact) mass is 442 g/mol. The third-order valence-electron chi connectivity index (χ3n) is 4.75. The molecule has 1 unspecified atom stereocenters. The molecule has 0 saturated heterocycles. The van der Waals surface area contributed by atoms with E-state index in [4.69, 9.17) is 21.1 Å². The molecular formula is C24H27ClN2O4. The zero-order valence-electron chi connectivity index (χ0n) is 18.1. The van der Waals surface area contributed by atoms with Gasteiger partial charge in [0.15, 0.2) is 0 Å². The first-order valence-corrected chi connectivity index (χ1v) is 10.6. The van der Waals surface area contributed by atoms with Crippen molar-refractivity contribution in [3.05, 3.63) is 76.0 Å². The largest absolute Gasteiger partial charge is 0.489 e. The van der Waals surface area contributed by atoms with E-state index in [2.05, 4.69) is 10.6 Å². The van der Waals surface area contributed by atoms with E-state index in [1.54, 1.807) is 13.8 Å². The van der Waals surface area contributed by atoms with E-state index in [1.807, 2.05) is 62.4 Å². The van der Waals surface area contributed by atoms with Crippen molar-refractivity contribution in [1.82, 2.24) is 10.6 Å². The summed E-state index contributed by atoms with van der Waals surface area (Å²) in [6, 6.07) is 13.8. The van der Waals surface area contributed by atoms with Crippen LogP contribution in [0.2, 0.25) is 5.02 Å². The fraction of sp³-hybridized carbons (Fsp3) is 0.333. The number of hydrogen-bond donors (Lipinski definition) is 2. The highest BCUT2D eigenvalue weighted by Gasteiger charge is 2.35. The smallest absolute Gasteiger partial charge is 0.338 e. The third-order valence-corrected chi connectivity index (χ3v) is 5.00. The van der Waals surface area contributed by atoms with Crippen molar-refractivity contribution >= 4 is 23.6 Å². The molecule has 3 rings (SSSR count). The highest BCUT2D eigenvalue weighted by atomic mass is 35.5. The lowest BCUT2D eigenvalue weighted by atomic mass is 9.91. The van der Waals surface area contributed by atoms with Crippen molar-refractivity contribution < 1.29 is 19.1 Å². The number of allylic oxidation sites excluding steroid dienone is 1. The molecule has 0 bridgehead atoms. The van der Waals surface area contributed by atoms with Crippen molar-refractivity contribution in [3.8, 4) is 5.75 Å². The number of rotatable bonds is 7. The Labute approximate surface area is 187 Å². The highest BCUT2D eigenvalue weighted by molar-refractivity contribution is 6.30. The van der Waals surface area contributed by atoms with Crippen molar-refractivity contribution in [3.63, 3.8) is 0 Å². The number of carbonyl (C=O) groups excluding carboxylic acids is 2. The second-order valence-electron chi connectivity index (χ2n) is 7.96. The number of esters is 1. The Morgan fingerprint density at radius 2 is 1.81 bits per heavy atom. The van der Waals surface area contributed by atoms with Gasteiger partial charge in [-0.3, -0.25) is 0 Å². The fourth-order valence-electron chi connectivity index (χ4n) is 3.33. The van der Waals surface area contributed by atoms with Gasteiger partial charge in [0.2, 0.25) is 0 Å². The van der Waals surface area contributed by atoms with E-state index in [0.717, 1.165) is 11.1 Å². The molecular weight excluding hydrogens is 416 g/mol. The molecule has 0 saturated carbocycles. The first-order valence-electron chi connectivity index (χ1n) is 10.2. The standard InChI is InChI=1S/C24H27ClN2O4/c1-14(2)21-20(23(28)31-15(3)4)22(27-24(29)26-21)17-6-5-7-19(12-17)30-13-16-8-10-18(25)11-9-16/h5-12,14-15,22H,13H2,1-4H3,(H2,26,27,29). The molecule has 2 aromatic carbocycles. The second-order valence-corrected chi connectivity index (χ2v) is 8.39. The van der Waals surface area contributed by atoms with Crippen molar-refractivity contribution in [2.45, 2.75) is 46.4 Å². The maximum absolute atomic E-state index is 12.9. The molecule has 164 valence electrons. The molecule has 1 heterocycles. The van der Waals surface area contributed by atoms with Crippen LogP contribution in [0, 0.1) is 5.92 Å². The Balaban J connectivity index is 1.90. The number of ether oxygens (including phenoxy) is 2. The van der Waals surface area contributed by atoms with E-state index >= 15 is 0 Å². The lowest BCUT2D eigenvalue weighted by Crippen LogP contribution is -2.47. The van der Waals surface area contributed by atoms with Crippen LogP contribution in [-0.2, 0) is 16.1 Å². The Morgan fingerprint density at radius 3 is 2.45 bits per heavy atom. The molecule has 0 aromatic heterocycles. The van der Waals surface area contributed by atoms with Gasteiger partial charge in [-0.1, -0.05) is 49.7 Å². The first-order chi connectivity index (χ1) is 14.7. The van der Waals surface area contributed by atoms with Crippen molar-refractivity contribution in [2.24, 2.45) is 5.92 Å². The van der Waals surface area contributed by atoms with Crippen molar-refractivity contribution in [1.29, 1.82) is 0 Å². The van der Waals surface area contributed by atoms with E-state index in [0.29, 0.717) is 28.6 Å². The topological polar surface area (TPSA) is 76.7 Å². The summed E-state index contributed by atoms with van der Waals surface area (Å²) >= 11 is 5.93. The van der Waals surface area contributed by atoms with Crippen LogP contribution in [-0.4, -0.2) is 18.1 Å². The average Bonchev–Trinajstić information content (AvgIpc) is 2.72. The minimum Gasteiger partial charge on any atom is -0.489 e. The number of nitrogens with one attached hydrogen (secondary N) is 2. The number of carbonyl (C=O) groups is 2. The summed E-state index contributed by atoms with van der Waals surface area (Å²) in [7, 11) is 0. The lowest BCUT2D eigenvalue weighted by molar-refractivity contribution is -0.143. The van der Waals surface area contributed by atoms with Gasteiger partial charge in [0.1, 0.15) is 12.4 Å². The molecule has 7 heteroatoms. The summed E-state index contributed by atoms with van der Waals surface area (Å²) < 4.78 is 11.4. The third kappa shape index (κ3) is 5.79. The number of amides is 2. The number of urea groups is 1. The van der Waals surface area contributed by atoms with E-state index < -0.39 is 12.0 Å². The maximum Gasteiger partial charge on any atom is 0.338 e. The van der Waals surface area contributed by atoms with Crippen LogP contribution in [0.15, 0.2) is 59.8 Å². The van der Waals surface area contributed by atoms with Crippen molar-refractivity contribution in [2.75, 3.05) is 0 Å². The number of benzene rings is 2. The molecule has 2 amide bonds. The minimum absolute atomic E-state index is 0.0624. The van der Waals surface area contributed by atoms with Gasteiger partial charge in [-0.25, -0.2) is 9.59 Å². The van der Waals surface area contributed by atoms with Gasteiger partial charge in [0, 0.05) is 10.7 Å². The Morgan fingerprint density at radius 1 is 1.10 bits per heavy atom. The minimum atomic E-state index is -0.642. The maximum atomic E-state index is 12.9. The summed E-state index contributed by atoms with van der Waals surface area (Å²) in [4.78, 5) is 25.2. The Bertz CT molecular complexity index is 983. The fourth-order valence-corrected chi connectivity index (χ4v) is 3.45. The van der Waals surface area contributed by atoms with Crippen LogP contribution in [0.4, 0.5) is 4.79 Å². The summed E-state index contributed by atoms with van der Waals surface area (Å²) in [6.45, 7) is 7.80. The zero-order valence-corrected chi connectivity index (χ0v) is 18.8. The highest BCUT2D eigenvalue weighted by Crippen LogP contribution is 2.32. The normalized spacial score (nSPS) is 16.2. The molecule has 1 atom stereocenters. The second kappa shape index (κ2) is 9.88. The van der Waals surface area contributed by atoms with E-state index in [1.165, 1.54) is 0 Å². The molecule has 0 fully saturated rings. The molecule has 6 nitrogen and oxygen atoms in total. The van der Waals surface area contributed by atoms with Crippen LogP contribution < -0.4 is 15.4 Å². The zero-order chi connectivity index (χ0) is 22.5.